The highest BCUT2D eigenvalue weighted by Crippen LogP contribution is 2.22. The number of aromatic nitrogens is 3. The summed E-state index contributed by atoms with van der Waals surface area (Å²) >= 11 is 5.97. The van der Waals surface area contributed by atoms with Gasteiger partial charge in [-0.2, -0.15) is 12.6 Å². The van der Waals surface area contributed by atoms with Gasteiger partial charge in [-0.3, -0.25) is 4.57 Å². The zero-order chi connectivity index (χ0) is 12.1. The predicted molar refractivity (Wildman–Crippen MR) is 71.4 cm³/mol. The minimum Gasteiger partial charge on any atom is -0.270 e. The SMILES string of the molecule is CCn1c(SCC(CS)C(C)C)n[nH]c1=O. The van der Waals surface area contributed by atoms with Crippen molar-refractivity contribution in [3.8, 4) is 0 Å². The molecule has 0 aliphatic heterocycles. The zero-order valence-corrected chi connectivity index (χ0v) is 11.6. The molecule has 1 rings (SSSR count). The van der Waals surface area contributed by atoms with Crippen LogP contribution in [0.1, 0.15) is 20.8 Å². The number of hydrogen-bond donors (Lipinski definition) is 2. The van der Waals surface area contributed by atoms with Gasteiger partial charge in [-0.15, -0.1) is 5.10 Å². The van der Waals surface area contributed by atoms with Crippen molar-refractivity contribution in [2.45, 2.75) is 32.5 Å². The molecule has 0 aliphatic carbocycles. The number of aromatic amines is 1. The van der Waals surface area contributed by atoms with Crippen LogP contribution in [-0.4, -0.2) is 26.3 Å². The fourth-order valence-corrected chi connectivity index (χ4v) is 3.40. The van der Waals surface area contributed by atoms with Gasteiger partial charge in [0.25, 0.3) is 0 Å². The molecule has 0 spiro atoms. The van der Waals surface area contributed by atoms with E-state index in [0.29, 0.717) is 18.4 Å². The first-order valence-corrected chi connectivity index (χ1v) is 7.10. The first kappa shape index (κ1) is 13.7. The van der Waals surface area contributed by atoms with Crippen LogP contribution in [0.4, 0.5) is 0 Å². The Kier molecular flexibility index (Phi) is 5.48. The number of H-pyrrole nitrogens is 1. The zero-order valence-electron chi connectivity index (χ0n) is 9.93. The van der Waals surface area contributed by atoms with Crippen molar-refractivity contribution in [2.75, 3.05) is 11.5 Å². The van der Waals surface area contributed by atoms with Crippen LogP contribution in [0.25, 0.3) is 0 Å². The quantitative estimate of drug-likeness (QED) is 0.607. The molecule has 16 heavy (non-hydrogen) atoms. The van der Waals surface area contributed by atoms with Crippen LogP contribution in [0.2, 0.25) is 0 Å². The van der Waals surface area contributed by atoms with Crippen molar-refractivity contribution in [1.29, 1.82) is 0 Å². The van der Waals surface area contributed by atoms with Gasteiger partial charge < -0.3 is 0 Å². The van der Waals surface area contributed by atoms with E-state index in [9.17, 15) is 4.79 Å². The van der Waals surface area contributed by atoms with Crippen LogP contribution in [0.3, 0.4) is 0 Å². The van der Waals surface area contributed by atoms with Crippen LogP contribution in [0.15, 0.2) is 9.95 Å². The van der Waals surface area contributed by atoms with E-state index in [-0.39, 0.29) is 5.69 Å². The van der Waals surface area contributed by atoms with Crippen molar-refractivity contribution in [1.82, 2.24) is 14.8 Å². The maximum Gasteiger partial charge on any atom is 0.343 e. The van der Waals surface area contributed by atoms with Gasteiger partial charge in [0.15, 0.2) is 5.16 Å². The van der Waals surface area contributed by atoms with E-state index >= 15 is 0 Å². The molecule has 0 fully saturated rings. The van der Waals surface area contributed by atoms with Gasteiger partial charge in [-0.25, -0.2) is 9.89 Å². The van der Waals surface area contributed by atoms with Gasteiger partial charge >= 0.3 is 5.69 Å². The Morgan fingerprint density at radius 2 is 2.25 bits per heavy atom. The second-order valence-corrected chi connectivity index (χ2v) is 5.41. The molecule has 0 aliphatic rings. The summed E-state index contributed by atoms with van der Waals surface area (Å²) in [6.07, 6.45) is 0. The molecule has 1 unspecified atom stereocenters. The minimum atomic E-state index is -0.128. The maximum absolute atomic E-state index is 11.3. The molecular weight excluding hydrogens is 242 g/mol. The summed E-state index contributed by atoms with van der Waals surface area (Å²) in [4.78, 5) is 11.3. The molecule has 0 amide bonds. The molecule has 0 saturated heterocycles. The van der Waals surface area contributed by atoms with Gasteiger partial charge in [0.1, 0.15) is 0 Å². The van der Waals surface area contributed by atoms with Crippen molar-refractivity contribution >= 4 is 24.4 Å². The number of thioether (sulfide) groups is 1. The fourth-order valence-electron chi connectivity index (χ4n) is 1.33. The maximum atomic E-state index is 11.3. The number of nitrogens with one attached hydrogen (secondary N) is 1. The number of hydrogen-bond acceptors (Lipinski definition) is 4. The molecule has 1 aromatic heterocycles. The van der Waals surface area contributed by atoms with Gasteiger partial charge in [-0.1, -0.05) is 25.6 Å². The van der Waals surface area contributed by atoms with E-state index in [4.69, 9.17) is 0 Å². The lowest BCUT2D eigenvalue weighted by molar-refractivity contribution is 0.472. The first-order valence-electron chi connectivity index (χ1n) is 5.49. The van der Waals surface area contributed by atoms with E-state index in [0.717, 1.165) is 16.7 Å². The summed E-state index contributed by atoms with van der Waals surface area (Å²) in [5.74, 6) is 2.97. The standard InChI is InChI=1S/C10H19N3OS2/c1-4-13-9(14)11-12-10(13)16-6-8(5-15)7(2)3/h7-8,15H,4-6H2,1-3H3,(H,11,14). The van der Waals surface area contributed by atoms with Crippen LogP contribution in [-0.2, 0) is 6.54 Å². The smallest absolute Gasteiger partial charge is 0.270 e. The van der Waals surface area contributed by atoms with Gasteiger partial charge in [0.05, 0.1) is 0 Å². The van der Waals surface area contributed by atoms with Gasteiger partial charge in [0, 0.05) is 12.3 Å². The average molecular weight is 261 g/mol. The summed E-state index contributed by atoms with van der Waals surface area (Å²) in [6.45, 7) is 6.99. The lowest BCUT2D eigenvalue weighted by Crippen LogP contribution is -2.17. The predicted octanol–water partition coefficient (Wildman–Crippen LogP) is 1.89. The third-order valence-corrected chi connectivity index (χ3v) is 4.28. The molecule has 0 radical (unpaired) electrons. The summed E-state index contributed by atoms with van der Waals surface area (Å²) in [5, 5.41) is 7.27. The first-order chi connectivity index (χ1) is 7.60. The molecule has 0 aromatic carbocycles. The normalized spacial score (nSPS) is 13.3. The van der Waals surface area contributed by atoms with E-state index in [2.05, 4.69) is 36.7 Å². The summed E-state index contributed by atoms with van der Waals surface area (Å²) in [6, 6.07) is 0. The van der Waals surface area contributed by atoms with E-state index in [1.54, 1.807) is 16.3 Å². The molecular formula is C10H19N3OS2. The Labute approximate surface area is 106 Å². The van der Waals surface area contributed by atoms with Crippen molar-refractivity contribution in [3.63, 3.8) is 0 Å². The topological polar surface area (TPSA) is 50.7 Å². The Bertz CT molecular complexity index is 372. The molecule has 4 nitrogen and oxygen atoms in total. The Hall–Kier alpha value is -0.360. The number of nitrogens with zero attached hydrogens (tertiary/aromatic N) is 2. The summed E-state index contributed by atoms with van der Waals surface area (Å²) in [7, 11) is 0. The largest absolute Gasteiger partial charge is 0.343 e. The second kappa shape index (κ2) is 6.39. The van der Waals surface area contributed by atoms with E-state index in [1.807, 2.05) is 6.92 Å². The van der Waals surface area contributed by atoms with Crippen LogP contribution < -0.4 is 5.69 Å². The molecule has 1 N–H and O–H groups in total. The molecule has 0 saturated carbocycles. The van der Waals surface area contributed by atoms with Crippen molar-refractivity contribution in [3.05, 3.63) is 10.5 Å². The molecule has 1 heterocycles. The molecule has 92 valence electrons. The highest BCUT2D eigenvalue weighted by atomic mass is 32.2. The van der Waals surface area contributed by atoms with Crippen molar-refractivity contribution < 1.29 is 0 Å². The monoisotopic (exact) mass is 261 g/mol. The highest BCUT2D eigenvalue weighted by molar-refractivity contribution is 7.99. The Balaban J connectivity index is 2.63. The number of thiol groups is 1. The van der Waals surface area contributed by atoms with E-state index in [1.165, 1.54) is 0 Å². The summed E-state index contributed by atoms with van der Waals surface area (Å²) < 4.78 is 1.65. The van der Waals surface area contributed by atoms with Gasteiger partial charge in [0.2, 0.25) is 0 Å². The highest BCUT2D eigenvalue weighted by Gasteiger charge is 2.14. The fraction of sp³-hybridized carbons (Fsp3) is 0.800. The average Bonchev–Trinajstić information content (AvgIpc) is 2.59. The van der Waals surface area contributed by atoms with Gasteiger partial charge in [-0.05, 0) is 24.5 Å². The summed E-state index contributed by atoms with van der Waals surface area (Å²) in [5.41, 5.74) is -0.128. The van der Waals surface area contributed by atoms with Crippen LogP contribution >= 0.6 is 24.4 Å². The Morgan fingerprint density at radius 1 is 1.56 bits per heavy atom. The Morgan fingerprint density at radius 3 is 2.75 bits per heavy atom. The third-order valence-electron chi connectivity index (χ3n) is 2.64. The molecule has 1 atom stereocenters. The lowest BCUT2D eigenvalue weighted by Gasteiger charge is -2.17. The second-order valence-electron chi connectivity index (χ2n) is 4.05. The number of rotatable bonds is 6. The molecule has 1 aromatic rings. The third kappa shape index (κ3) is 3.31. The lowest BCUT2D eigenvalue weighted by atomic mass is 10.0. The molecule has 0 bridgehead atoms. The minimum absolute atomic E-state index is 0.128. The van der Waals surface area contributed by atoms with Crippen LogP contribution in [0, 0.1) is 11.8 Å². The molecule has 6 heteroatoms. The van der Waals surface area contributed by atoms with Crippen molar-refractivity contribution in [2.24, 2.45) is 11.8 Å². The van der Waals surface area contributed by atoms with E-state index < -0.39 is 0 Å². The van der Waals surface area contributed by atoms with Crippen LogP contribution in [0.5, 0.6) is 0 Å².